The van der Waals surface area contributed by atoms with Gasteiger partial charge in [-0.1, -0.05) is 48.5 Å². The van der Waals surface area contributed by atoms with E-state index in [0.29, 0.717) is 26.4 Å². The Balaban J connectivity index is 1.34. The maximum atomic E-state index is 5.87. The van der Waals surface area contributed by atoms with Crippen LogP contribution in [0.2, 0.25) is 0 Å². The molecule has 4 aromatic rings. The molecule has 0 N–H and O–H groups in total. The molecule has 4 rings (SSSR count). The van der Waals surface area contributed by atoms with Crippen LogP contribution in [0.15, 0.2) is 97.1 Å². The van der Waals surface area contributed by atoms with E-state index in [-0.39, 0.29) is 0 Å². The molecule has 0 aliphatic rings. The fraction of sp³-hybridized carbons (Fsp3) is 0.294. The highest BCUT2D eigenvalue weighted by Gasteiger charge is 2.11. The second-order valence-electron chi connectivity index (χ2n) is 9.90. The van der Waals surface area contributed by atoms with Crippen LogP contribution in [0.3, 0.4) is 0 Å². The summed E-state index contributed by atoms with van der Waals surface area (Å²) in [4.78, 5) is 4.52. The molecule has 0 atom stereocenters. The van der Waals surface area contributed by atoms with Gasteiger partial charge in [0.25, 0.3) is 0 Å². The summed E-state index contributed by atoms with van der Waals surface area (Å²) in [6.45, 7) is 3.72. The Labute approximate surface area is 238 Å². The van der Waals surface area contributed by atoms with Gasteiger partial charge in [-0.05, 0) is 70.8 Å². The molecule has 0 saturated carbocycles. The molecule has 0 unspecified atom stereocenters. The molecule has 0 amide bonds. The molecular formula is C34H40N2O4. The van der Waals surface area contributed by atoms with Gasteiger partial charge in [-0.25, -0.2) is 0 Å². The standard InChI is InChI=1S/C34H40N2O4/c1-35(2)32-11-5-8-28(20-32)23-36(24-29-9-6-12-33(21-29)37-3)31-16-14-27(15-17-31)25-39-18-19-40-26-30-10-7-13-34(22-30)38-4/h5-17,20-22H,18-19,23-26H2,1-4H3. The second-order valence-corrected chi connectivity index (χ2v) is 9.90. The van der Waals surface area contributed by atoms with Crippen LogP contribution < -0.4 is 19.3 Å². The van der Waals surface area contributed by atoms with E-state index in [1.165, 1.54) is 16.8 Å². The second kappa shape index (κ2) is 15.0. The van der Waals surface area contributed by atoms with Gasteiger partial charge in [0.05, 0.1) is 40.6 Å². The first-order valence-corrected chi connectivity index (χ1v) is 13.6. The minimum Gasteiger partial charge on any atom is -0.497 e. The average molecular weight is 541 g/mol. The van der Waals surface area contributed by atoms with E-state index in [1.54, 1.807) is 14.2 Å². The van der Waals surface area contributed by atoms with Crippen molar-refractivity contribution in [1.82, 2.24) is 0 Å². The van der Waals surface area contributed by atoms with Gasteiger partial charge in [-0.3, -0.25) is 0 Å². The first-order valence-electron chi connectivity index (χ1n) is 13.6. The maximum Gasteiger partial charge on any atom is 0.119 e. The third-order valence-electron chi connectivity index (χ3n) is 6.65. The minimum absolute atomic E-state index is 0.537. The molecule has 0 heterocycles. The van der Waals surface area contributed by atoms with E-state index in [1.807, 2.05) is 36.4 Å². The maximum absolute atomic E-state index is 5.87. The molecule has 0 aromatic heterocycles. The zero-order chi connectivity index (χ0) is 28.2. The van der Waals surface area contributed by atoms with Crippen molar-refractivity contribution in [3.8, 4) is 11.5 Å². The fourth-order valence-corrected chi connectivity index (χ4v) is 4.45. The van der Waals surface area contributed by atoms with Gasteiger partial charge in [0, 0.05) is 38.6 Å². The number of anilines is 2. The number of hydrogen-bond acceptors (Lipinski definition) is 6. The molecular weight excluding hydrogens is 500 g/mol. The summed E-state index contributed by atoms with van der Waals surface area (Å²) in [5.41, 5.74) is 7.02. The topological polar surface area (TPSA) is 43.4 Å². The summed E-state index contributed by atoms with van der Waals surface area (Å²) >= 11 is 0. The van der Waals surface area contributed by atoms with Crippen LogP contribution >= 0.6 is 0 Å². The predicted octanol–water partition coefficient (Wildman–Crippen LogP) is 6.71. The van der Waals surface area contributed by atoms with Crippen molar-refractivity contribution in [3.05, 3.63) is 119 Å². The monoisotopic (exact) mass is 540 g/mol. The predicted molar refractivity (Wildman–Crippen MR) is 162 cm³/mol. The van der Waals surface area contributed by atoms with Gasteiger partial charge in [0.15, 0.2) is 0 Å². The Kier molecular flexibility index (Phi) is 10.8. The van der Waals surface area contributed by atoms with E-state index in [9.17, 15) is 0 Å². The highest BCUT2D eigenvalue weighted by molar-refractivity contribution is 5.52. The third-order valence-corrected chi connectivity index (χ3v) is 6.65. The Hall–Kier alpha value is -4.00. The van der Waals surface area contributed by atoms with E-state index in [0.717, 1.165) is 41.4 Å². The van der Waals surface area contributed by atoms with E-state index < -0.39 is 0 Å². The highest BCUT2D eigenvalue weighted by atomic mass is 16.5. The highest BCUT2D eigenvalue weighted by Crippen LogP contribution is 2.24. The van der Waals surface area contributed by atoms with Crippen molar-refractivity contribution < 1.29 is 18.9 Å². The number of nitrogens with zero attached hydrogens (tertiary/aromatic N) is 2. The number of hydrogen-bond donors (Lipinski definition) is 0. The van der Waals surface area contributed by atoms with Gasteiger partial charge < -0.3 is 28.7 Å². The fourth-order valence-electron chi connectivity index (χ4n) is 4.45. The summed E-state index contributed by atoms with van der Waals surface area (Å²) in [5.74, 6) is 1.71. The van der Waals surface area contributed by atoms with E-state index >= 15 is 0 Å². The van der Waals surface area contributed by atoms with Crippen LogP contribution in [0, 0.1) is 0 Å². The summed E-state index contributed by atoms with van der Waals surface area (Å²) in [5, 5.41) is 0. The molecule has 0 saturated heterocycles. The van der Waals surface area contributed by atoms with E-state index in [2.05, 4.69) is 84.6 Å². The van der Waals surface area contributed by atoms with Crippen molar-refractivity contribution in [2.24, 2.45) is 0 Å². The quantitative estimate of drug-likeness (QED) is 0.156. The lowest BCUT2D eigenvalue weighted by atomic mass is 10.1. The third kappa shape index (κ3) is 8.76. The van der Waals surface area contributed by atoms with Crippen molar-refractivity contribution in [3.63, 3.8) is 0 Å². The summed E-state index contributed by atoms with van der Waals surface area (Å²) in [6.07, 6.45) is 0. The van der Waals surface area contributed by atoms with Crippen molar-refractivity contribution in [2.75, 3.05) is 51.3 Å². The number of rotatable bonds is 15. The summed E-state index contributed by atoms with van der Waals surface area (Å²) < 4.78 is 22.4. The molecule has 0 fully saturated rings. The zero-order valence-electron chi connectivity index (χ0n) is 24.0. The lowest BCUT2D eigenvalue weighted by molar-refractivity contribution is 0.0338. The lowest BCUT2D eigenvalue weighted by Crippen LogP contribution is -2.22. The van der Waals surface area contributed by atoms with Crippen molar-refractivity contribution >= 4 is 11.4 Å². The van der Waals surface area contributed by atoms with Crippen LogP contribution in [0.4, 0.5) is 11.4 Å². The molecule has 6 heteroatoms. The average Bonchev–Trinajstić information content (AvgIpc) is 2.99. The molecule has 210 valence electrons. The van der Waals surface area contributed by atoms with Crippen molar-refractivity contribution in [2.45, 2.75) is 26.3 Å². The first kappa shape index (κ1) is 29.0. The van der Waals surface area contributed by atoms with Gasteiger partial charge in [-0.2, -0.15) is 0 Å². The van der Waals surface area contributed by atoms with Crippen LogP contribution in [0.5, 0.6) is 11.5 Å². The summed E-state index contributed by atoms with van der Waals surface area (Å²) in [7, 11) is 7.52. The Morgan fingerprint density at radius 3 is 1.65 bits per heavy atom. The van der Waals surface area contributed by atoms with Gasteiger partial charge >= 0.3 is 0 Å². The first-order chi connectivity index (χ1) is 19.5. The molecule has 0 spiro atoms. The molecule has 0 bridgehead atoms. The number of ether oxygens (including phenoxy) is 4. The minimum atomic E-state index is 0.537. The molecule has 40 heavy (non-hydrogen) atoms. The SMILES string of the molecule is COc1cccc(COCCOCc2ccc(N(Cc3cccc(OC)c3)Cc3cccc(N(C)C)c3)cc2)c1. The van der Waals surface area contributed by atoms with E-state index in [4.69, 9.17) is 18.9 Å². The number of methoxy groups -OCH3 is 2. The van der Waals surface area contributed by atoms with Crippen LogP contribution in [-0.2, 0) is 35.8 Å². The Morgan fingerprint density at radius 2 is 1.05 bits per heavy atom. The smallest absolute Gasteiger partial charge is 0.119 e. The molecule has 0 radical (unpaired) electrons. The Bertz CT molecular complexity index is 1320. The number of benzene rings is 4. The van der Waals surface area contributed by atoms with Gasteiger partial charge in [0.1, 0.15) is 11.5 Å². The molecule has 0 aliphatic carbocycles. The summed E-state index contributed by atoms with van der Waals surface area (Å²) in [6, 6.07) is 33.5. The van der Waals surface area contributed by atoms with Crippen LogP contribution in [0.1, 0.15) is 22.3 Å². The molecule has 4 aromatic carbocycles. The van der Waals surface area contributed by atoms with Gasteiger partial charge in [-0.15, -0.1) is 0 Å². The van der Waals surface area contributed by atoms with Crippen molar-refractivity contribution in [1.29, 1.82) is 0 Å². The lowest BCUT2D eigenvalue weighted by Gasteiger charge is -2.26. The largest absolute Gasteiger partial charge is 0.497 e. The normalized spacial score (nSPS) is 10.8. The zero-order valence-corrected chi connectivity index (χ0v) is 24.0. The van der Waals surface area contributed by atoms with Gasteiger partial charge in [0.2, 0.25) is 0 Å². The van der Waals surface area contributed by atoms with Crippen LogP contribution in [-0.4, -0.2) is 41.5 Å². The molecule has 6 nitrogen and oxygen atoms in total. The van der Waals surface area contributed by atoms with Crippen LogP contribution in [0.25, 0.3) is 0 Å². The molecule has 0 aliphatic heterocycles. The Morgan fingerprint density at radius 1 is 0.525 bits per heavy atom.